The van der Waals surface area contributed by atoms with E-state index in [4.69, 9.17) is 6.42 Å². The molecule has 0 atom stereocenters. The smallest absolute Gasteiger partial charge is 0.156 e. The number of aromatic nitrogens is 3. The van der Waals surface area contributed by atoms with Crippen molar-refractivity contribution >= 4 is 17.0 Å². The van der Waals surface area contributed by atoms with Gasteiger partial charge in [0.1, 0.15) is 5.69 Å². The highest BCUT2D eigenvalue weighted by Crippen LogP contribution is 2.45. The molecule has 2 aliphatic rings. The molecule has 4 heteroatoms. The average Bonchev–Trinajstić information content (AvgIpc) is 2.76. The third-order valence-electron chi connectivity index (χ3n) is 2.19. The highest BCUT2D eigenvalue weighted by atomic mass is 32.1. The summed E-state index contributed by atoms with van der Waals surface area (Å²) in [6.07, 6.45) is 8.67. The zero-order valence-corrected chi connectivity index (χ0v) is 9.11. The van der Waals surface area contributed by atoms with E-state index < -0.39 is 0 Å². The summed E-state index contributed by atoms with van der Waals surface area (Å²) in [5, 5.41) is 4.05. The van der Waals surface area contributed by atoms with E-state index >= 15 is 0 Å². The number of thiophene rings is 1. The summed E-state index contributed by atoms with van der Waals surface area (Å²) in [5.74, 6) is 2.44. The molecule has 2 aromatic heterocycles. The van der Waals surface area contributed by atoms with Gasteiger partial charge in [-0.3, -0.25) is 0 Å². The predicted molar refractivity (Wildman–Crippen MR) is 64.2 cm³/mol. The van der Waals surface area contributed by atoms with Gasteiger partial charge in [0, 0.05) is 28.2 Å². The number of nitrogens with zero attached hydrogens (tertiary/aromatic N) is 3. The molecule has 2 aromatic rings. The topological polar surface area (TPSA) is 30.2 Å². The molecule has 0 N–H and O–H groups in total. The van der Waals surface area contributed by atoms with Crippen molar-refractivity contribution in [3.05, 3.63) is 42.4 Å². The van der Waals surface area contributed by atoms with E-state index in [1.54, 1.807) is 22.8 Å². The standard InChI is InChI=1S/C8H5N3.C4H2S/c1-2-7-6-8-9-4-3-5-11(8)10-7;1-2-4-3(1)5-4/h1,3-6H;1-2H. The Balaban J connectivity index is 0.000000133. The third kappa shape index (κ3) is 1.58. The van der Waals surface area contributed by atoms with Crippen LogP contribution in [0.5, 0.6) is 0 Å². The summed E-state index contributed by atoms with van der Waals surface area (Å²) in [7, 11) is 0. The van der Waals surface area contributed by atoms with E-state index in [9.17, 15) is 0 Å². The minimum atomic E-state index is 0.615. The van der Waals surface area contributed by atoms with Crippen LogP contribution >= 0.6 is 11.3 Å². The third-order valence-corrected chi connectivity index (χ3v) is 3.14. The molecule has 0 bridgehead atoms. The lowest BCUT2D eigenvalue weighted by Crippen LogP contribution is -1.86. The molecule has 0 amide bonds. The van der Waals surface area contributed by atoms with Crippen LogP contribution < -0.4 is 0 Å². The van der Waals surface area contributed by atoms with Crippen LogP contribution in [0.15, 0.2) is 36.7 Å². The minimum absolute atomic E-state index is 0.615. The fraction of sp³-hybridized carbons (Fsp3) is 0. The van der Waals surface area contributed by atoms with Crippen LogP contribution in [0.4, 0.5) is 0 Å². The molecule has 0 spiro atoms. The van der Waals surface area contributed by atoms with Crippen LogP contribution in [0.3, 0.4) is 0 Å². The maximum absolute atomic E-state index is 5.16. The molecule has 16 heavy (non-hydrogen) atoms. The second kappa shape index (κ2) is 3.47. The van der Waals surface area contributed by atoms with Gasteiger partial charge in [-0.2, -0.15) is 5.10 Å². The molecule has 0 saturated heterocycles. The van der Waals surface area contributed by atoms with E-state index in [2.05, 4.69) is 28.1 Å². The van der Waals surface area contributed by atoms with Gasteiger partial charge in [-0.25, -0.2) is 9.50 Å². The lowest BCUT2D eigenvalue weighted by Gasteiger charge is -1.85. The van der Waals surface area contributed by atoms with E-state index in [-0.39, 0.29) is 0 Å². The Morgan fingerprint density at radius 3 is 2.62 bits per heavy atom. The highest BCUT2D eigenvalue weighted by molar-refractivity contribution is 7.30. The van der Waals surface area contributed by atoms with Gasteiger partial charge >= 0.3 is 0 Å². The number of fused-ring (bicyclic) bond motifs is 2. The maximum Gasteiger partial charge on any atom is 0.156 e. The van der Waals surface area contributed by atoms with Crippen LogP contribution in [-0.4, -0.2) is 14.6 Å². The summed E-state index contributed by atoms with van der Waals surface area (Å²) >= 11 is 1.88. The Morgan fingerprint density at radius 2 is 2.12 bits per heavy atom. The molecule has 76 valence electrons. The van der Waals surface area contributed by atoms with Crippen molar-refractivity contribution < 1.29 is 0 Å². The molecule has 0 saturated carbocycles. The predicted octanol–water partition coefficient (Wildman–Crippen LogP) is 2.44. The van der Waals surface area contributed by atoms with Crippen molar-refractivity contribution in [2.24, 2.45) is 0 Å². The normalized spacial score (nSPS) is 10.4. The van der Waals surface area contributed by atoms with E-state index in [1.807, 2.05) is 17.5 Å². The molecular formula is C12H7N3S. The van der Waals surface area contributed by atoms with Crippen molar-refractivity contribution in [1.29, 1.82) is 0 Å². The monoisotopic (exact) mass is 225 g/mol. The quantitative estimate of drug-likeness (QED) is 0.430. The summed E-state index contributed by atoms with van der Waals surface area (Å²) in [4.78, 5) is 7.06. The first-order valence-electron chi connectivity index (χ1n) is 4.74. The zero-order valence-electron chi connectivity index (χ0n) is 8.29. The molecule has 1 aliphatic heterocycles. The fourth-order valence-electron chi connectivity index (χ4n) is 1.28. The van der Waals surface area contributed by atoms with Crippen LogP contribution in [0, 0.1) is 12.3 Å². The van der Waals surface area contributed by atoms with Crippen molar-refractivity contribution in [2.75, 3.05) is 0 Å². The molecule has 0 radical (unpaired) electrons. The summed E-state index contributed by atoms with van der Waals surface area (Å²) in [5.41, 5.74) is 1.39. The van der Waals surface area contributed by atoms with Gasteiger partial charge in [0.15, 0.2) is 5.65 Å². The fourth-order valence-corrected chi connectivity index (χ4v) is 1.88. The molecule has 0 unspecified atom stereocenters. The lowest BCUT2D eigenvalue weighted by molar-refractivity contribution is 0.932. The van der Waals surface area contributed by atoms with E-state index in [0.717, 1.165) is 5.65 Å². The van der Waals surface area contributed by atoms with Gasteiger partial charge in [0.05, 0.1) is 0 Å². The first-order valence-corrected chi connectivity index (χ1v) is 5.56. The van der Waals surface area contributed by atoms with Gasteiger partial charge in [0.25, 0.3) is 0 Å². The molecule has 3 heterocycles. The molecule has 4 rings (SSSR count). The Bertz CT molecular complexity index is 630. The van der Waals surface area contributed by atoms with Gasteiger partial charge < -0.3 is 0 Å². The molecule has 0 aromatic carbocycles. The second-order valence-electron chi connectivity index (χ2n) is 3.26. The van der Waals surface area contributed by atoms with Crippen molar-refractivity contribution in [3.8, 4) is 22.1 Å². The number of terminal acetylenes is 1. The van der Waals surface area contributed by atoms with E-state index in [0.29, 0.717) is 5.69 Å². The minimum Gasteiger partial charge on any atom is -0.237 e. The van der Waals surface area contributed by atoms with Crippen molar-refractivity contribution in [2.45, 2.75) is 0 Å². The Hall–Kier alpha value is -2.12. The Kier molecular flexibility index (Phi) is 1.98. The van der Waals surface area contributed by atoms with Gasteiger partial charge in [0.2, 0.25) is 0 Å². The van der Waals surface area contributed by atoms with Crippen LogP contribution in [-0.2, 0) is 0 Å². The number of hydrogen-bond donors (Lipinski definition) is 0. The second-order valence-corrected chi connectivity index (χ2v) is 4.34. The highest BCUT2D eigenvalue weighted by Gasteiger charge is 2.13. The van der Waals surface area contributed by atoms with Crippen LogP contribution in [0.2, 0.25) is 0 Å². The van der Waals surface area contributed by atoms with Crippen molar-refractivity contribution in [1.82, 2.24) is 14.6 Å². The van der Waals surface area contributed by atoms with Crippen LogP contribution in [0.25, 0.3) is 15.4 Å². The van der Waals surface area contributed by atoms with E-state index in [1.165, 1.54) is 9.75 Å². The van der Waals surface area contributed by atoms with Gasteiger partial charge in [-0.1, -0.05) is 0 Å². The van der Waals surface area contributed by atoms with Gasteiger partial charge in [-0.05, 0) is 24.1 Å². The molecule has 3 nitrogen and oxygen atoms in total. The zero-order chi connectivity index (χ0) is 11.0. The number of hydrogen-bond acceptors (Lipinski definition) is 3. The first-order chi connectivity index (χ1) is 7.86. The largest absolute Gasteiger partial charge is 0.237 e. The summed E-state index contributed by atoms with van der Waals surface area (Å²) in [6.45, 7) is 0. The van der Waals surface area contributed by atoms with Crippen LogP contribution in [0.1, 0.15) is 5.69 Å². The molecule has 1 aliphatic carbocycles. The lowest BCUT2D eigenvalue weighted by atomic mass is 10.3. The molecule has 0 fully saturated rings. The number of rotatable bonds is 0. The first kappa shape index (κ1) is 9.13. The SMILES string of the molecule is C#Cc1cc2ncccn2n1.c1cc2sc1-2. The maximum atomic E-state index is 5.16. The molecular weight excluding hydrogens is 218 g/mol. The summed E-state index contributed by atoms with van der Waals surface area (Å²) < 4.78 is 1.65. The van der Waals surface area contributed by atoms with Crippen molar-refractivity contribution in [3.63, 3.8) is 0 Å². The Labute approximate surface area is 96.4 Å². The summed E-state index contributed by atoms with van der Waals surface area (Å²) in [6, 6.07) is 7.85. The average molecular weight is 225 g/mol. The Morgan fingerprint density at radius 1 is 1.31 bits per heavy atom. The van der Waals surface area contributed by atoms with Gasteiger partial charge in [-0.15, -0.1) is 17.8 Å².